The minimum Gasteiger partial charge on any atom is -0.472 e. The Morgan fingerprint density at radius 1 is 0.689 bits per heavy atom. The third kappa shape index (κ3) is 3.51. The number of hydrogen-bond acceptors (Lipinski definition) is 2. The molecule has 5 aromatic carbocycles. The summed E-state index contributed by atoms with van der Waals surface area (Å²) >= 11 is 0. The lowest BCUT2D eigenvalue weighted by Crippen LogP contribution is -2.36. The van der Waals surface area contributed by atoms with E-state index in [1.807, 2.05) is 0 Å². The molecule has 4 atom stereocenters. The van der Waals surface area contributed by atoms with Crippen LogP contribution in [0.3, 0.4) is 0 Å². The van der Waals surface area contributed by atoms with Gasteiger partial charge in [-0.1, -0.05) is 103 Å². The lowest BCUT2D eigenvalue weighted by molar-refractivity contribution is 0.163. The Balaban J connectivity index is 1.21. The fraction of sp³-hybridized carbons (Fsp3) is 0.302. The van der Waals surface area contributed by atoms with Crippen molar-refractivity contribution < 1.29 is 4.74 Å². The topological polar surface area (TPSA) is 12.5 Å². The number of anilines is 1. The summed E-state index contributed by atoms with van der Waals surface area (Å²) in [4.78, 5) is 2.54. The maximum Gasteiger partial charge on any atom is 0.178 e. The van der Waals surface area contributed by atoms with E-state index in [1.165, 1.54) is 89.2 Å². The Morgan fingerprint density at radius 2 is 1.42 bits per heavy atom. The molecule has 0 N–H and O–H groups in total. The van der Waals surface area contributed by atoms with Gasteiger partial charge in [0.1, 0.15) is 5.75 Å². The van der Waals surface area contributed by atoms with Crippen LogP contribution in [0.4, 0.5) is 5.69 Å². The van der Waals surface area contributed by atoms with Crippen molar-refractivity contribution in [3.05, 3.63) is 137 Å². The molecule has 0 aromatic heterocycles. The Bertz CT molecular complexity index is 1980. The molecule has 222 valence electrons. The van der Waals surface area contributed by atoms with E-state index in [1.54, 1.807) is 11.1 Å². The molecule has 2 bridgehead atoms. The lowest BCUT2D eigenvalue weighted by Gasteiger charge is -2.41. The molecule has 5 aromatic rings. The Labute approximate surface area is 266 Å². The van der Waals surface area contributed by atoms with Crippen molar-refractivity contribution in [1.29, 1.82) is 0 Å². The number of piperidine rings is 1. The minimum absolute atomic E-state index is 0.0828. The summed E-state index contributed by atoms with van der Waals surface area (Å²) in [7, 11) is 0. The van der Waals surface area contributed by atoms with Crippen LogP contribution in [0.1, 0.15) is 72.8 Å². The Kier molecular flexibility index (Phi) is 5.54. The van der Waals surface area contributed by atoms with Crippen LogP contribution in [0.5, 0.6) is 5.75 Å². The van der Waals surface area contributed by atoms with Crippen molar-refractivity contribution in [2.24, 2.45) is 11.8 Å². The van der Waals surface area contributed by atoms with Gasteiger partial charge in [0, 0.05) is 46.3 Å². The van der Waals surface area contributed by atoms with Crippen molar-refractivity contribution in [3.63, 3.8) is 0 Å². The van der Waals surface area contributed by atoms with Gasteiger partial charge in [0.15, 0.2) is 5.60 Å². The number of nitrogens with zero attached hydrogens (tertiary/aromatic N) is 1. The average Bonchev–Trinajstić information content (AvgIpc) is 3.82. The third-order valence-corrected chi connectivity index (χ3v) is 12.1. The molecule has 2 heterocycles. The first-order valence-corrected chi connectivity index (χ1v) is 17.2. The highest BCUT2D eigenvalue weighted by atomic mass is 16.5. The van der Waals surface area contributed by atoms with Gasteiger partial charge in [-0.25, -0.2) is 0 Å². The van der Waals surface area contributed by atoms with Gasteiger partial charge in [-0.15, -0.1) is 0 Å². The molecule has 3 aliphatic carbocycles. The molecule has 3 fully saturated rings. The fourth-order valence-electron chi connectivity index (χ4n) is 10.3. The van der Waals surface area contributed by atoms with E-state index >= 15 is 0 Å². The van der Waals surface area contributed by atoms with Crippen molar-refractivity contribution >= 4 is 22.5 Å². The van der Waals surface area contributed by atoms with Crippen LogP contribution < -0.4 is 9.64 Å². The summed E-state index contributed by atoms with van der Waals surface area (Å²) in [6.45, 7) is 2.30. The second-order valence-electron chi connectivity index (χ2n) is 14.3. The Hall–Kier alpha value is -4.30. The van der Waals surface area contributed by atoms with Crippen LogP contribution >= 0.6 is 0 Å². The highest BCUT2D eigenvalue weighted by molar-refractivity contribution is 6.08. The highest BCUT2D eigenvalue weighted by Crippen LogP contribution is 2.68. The zero-order valence-corrected chi connectivity index (χ0v) is 25.8. The average molecular weight is 586 g/mol. The largest absolute Gasteiger partial charge is 0.472 e. The monoisotopic (exact) mass is 585 g/mol. The summed E-state index contributed by atoms with van der Waals surface area (Å²) < 4.78 is 7.60. The number of benzene rings is 5. The number of ether oxygens (including phenoxy) is 1. The first kappa shape index (κ1) is 26.0. The molecule has 1 saturated heterocycles. The molecule has 4 unspecified atom stereocenters. The molecule has 2 aliphatic heterocycles. The van der Waals surface area contributed by atoms with E-state index in [9.17, 15) is 0 Å². The summed E-state index contributed by atoms with van der Waals surface area (Å²) in [6, 6.07) is 38.5. The minimum atomic E-state index is -0.709. The standard InChI is InChI=1S/C43H39NO/c1-3-11-30(12-4-1)43(31-19-21-33(22-20-31)44-25-9-2-10-26-44)24-23-37-40-39(34-13-5-6-14-35(34)41(37)45-43)36-15-7-8-16-38(36)42(40)28-29-17-18-32(42)27-29/h1,3-8,11-16,19-24,29,32H,2,9-10,17-18,25-28H2. The van der Waals surface area contributed by atoms with Crippen LogP contribution in [0.2, 0.25) is 0 Å². The van der Waals surface area contributed by atoms with Crippen LogP contribution in [0, 0.1) is 11.8 Å². The van der Waals surface area contributed by atoms with Crippen LogP contribution in [-0.2, 0) is 11.0 Å². The SMILES string of the molecule is C1=CC(c2ccccc2)(c2ccc(N3CCCCC3)cc2)Oc2c1c1c(c3ccccc23)-c2ccccc2C12CC1CCC2C1. The van der Waals surface area contributed by atoms with E-state index in [0.29, 0.717) is 5.92 Å². The van der Waals surface area contributed by atoms with Gasteiger partial charge in [0.05, 0.1) is 0 Å². The summed E-state index contributed by atoms with van der Waals surface area (Å²) in [6.07, 6.45) is 14.1. The molecule has 0 amide bonds. The zero-order chi connectivity index (χ0) is 29.6. The van der Waals surface area contributed by atoms with E-state index in [0.717, 1.165) is 24.8 Å². The predicted octanol–water partition coefficient (Wildman–Crippen LogP) is 10.3. The van der Waals surface area contributed by atoms with Gasteiger partial charge >= 0.3 is 0 Å². The van der Waals surface area contributed by atoms with Crippen LogP contribution in [-0.4, -0.2) is 13.1 Å². The molecular formula is C43H39NO. The highest BCUT2D eigenvalue weighted by Gasteiger charge is 2.58. The molecular weight excluding hydrogens is 546 g/mol. The normalized spacial score (nSPS) is 27.4. The van der Waals surface area contributed by atoms with E-state index in [4.69, 9.17) is 4.74 Å². The van der Waals surface area contributed by atoms with Crippen molar-refractivity contribution in [1.82, 2.24) is 0 Å². The van der Waals surface area contributed by atoms with Crippen molar-refractivity contribution in [3.8, 4) is 16.9 Å². The Morgan fingerprint density at radius 3 is 2.20 bits per heavy atom. The van der Waals surface area contributed by atoms with Crippen molar-refractivity contribution in [2.75, 3.05) is 18.0 Å². The number of fused-ring (bicyclic) bond motifs is 13. The number of rotatable bonds is 3. The predicted molar refractivity (Wildman–Crippen MR) is 185 cm³/mol. The van der Waals surface area contributed by atoms with Crippen LogP contribution in [0.15, 0.2) is 109 Å². The van der Waals surface area contributed by atoms with Gasteiger partial charge in [-0.3, -0.25) is 0 Å². The third-order valence-electron chi connectivity index (χ3n) is 12.1. The van der Waals surface area contributed by atoms with Gasteiger partial charge in [0.2, 0.25) is 0 Å². The molecule has 2 nitrogen and oxygen atoms in total. The maximum absolute atomic E-state index is 7.60. The van der Waals surface area contributed by atoms with E-state index in [-0.39, 0.29) is 5.41 Å². The second kappa shape index (κ2) is 9.60. The van der Waals surface area contributed by atoms with Gasteiger partial charge in [-0.2, -0.15) is 0 Å². The zero-order valence-electron chi connectivity index (χ0n) is 25.8. The smallest absolute Gasteiger partial charge is 0.178 e. The molecule has 45 heavy (non-hydrogen) atoms. The van der Waals surface area contributed by atoms with Gasteiger partial charge < -0.3 is 9.64 Å². The van der Waals surface area contributed by atoms with E-state index in [2.05, 4.69) is 120 Å². The number of hydrogen-bond donors (Lipinski definition) is 0. The van der Waals surface area contributed by atoms with Crippen LogP contribution in [0.25, 0.3) is 28.0 Å². The summed E-state index contributed by atoms with van der Waals surface area (Å²) in [5, 5.41) is 2.55. The first-order chi connectivity index (χ1) is 22.3. The lowest BCUT2D eigenvalue weighted by atomic mass is 9.65. The summed E-state index contributed by atoms with van der Waals surface area (Å²) in [5.41, 5.74) is 10.4. The molecule has 2 heteroatoms. The second-order valence-corrected chi connectivity index (χ2v) is 14.3. The first-order valence-electron chi connectivity index (χ1n) is 17.2. The van der Waals surface area contributed by atoms with Gasteiger partial charge in [0.25, 0.3) is 0 Å². The molecule has 0 radical (unpaired) electrons. The fourth-order valence-corrected chi connectivity index (χ4v) is 10.3. The molecule has 1 spiro atoms. The molecule has 5 aliphatic rings. The van der Waals surface area contributed by atoms with Gasteiger partial charge in [-0.05, 0) is 96.2 Å². The molecule has 10 rings (SSSR count). The summed E-state index contributed by atoms with van der Waals surface area (Å²) in [5.74, 6) is 2.57. The maximum atomic E-state index is 7.60. The molecule has 2 saturated carbocycles. The van der Waals surface area contributed by atoms with Crippen molar-refractivity contribution in [2.45, 2.75) is 56.0 Å². The quantitative estimate of drug-likeness (QED) is 0.209. The van der Waals surface area contributed by atoms with E-state index < -0.39 is 5.60 Å².